The number of carbonyl (C=O) groups is 4. The van der Waals surface area contributed by atoms with Gasteiger partial charge in [-0.25, -0.2) is 9.59 Å². The van der Waals surface area contributed by atoms with Crippen LogP contribution >= 0.6 is 0 Å². The van der Waals surface area contributed by atoms with Gasteiger partial charge in [-0.1, -0.05) is 12.7 Å². The molecule has 34 heavy (non-hydrogen) atoms. The summed E-state index contributed by atoms with van der Waals surface area (Å²) in [6, 6.07) is 0. The topological polar surface area (TPSA) is 135 Å². The van der Waals surface area contributed by atoms with Crippen LogP contribution in [-0.4, -0.2) is 65.3 Å². The van der Waals surface area contributed by atoms with E-state index >= 15 is 0 Å². The van der Waals surface area contributed by atoms with E-state index in [2.05, 4.69) is 6.58 Å². The third-order valence-electron chi connectivity index (χ3n) is 6.86. The van der Waals surface area contributed by atoms with E-state index in [0.717, 1.165) is 0 Å². The van der Waals surface area contributed by atoms with E-state index in [0.29, 0.717) is 5.57 Å². The number of esters is 4. The summed E-state index contributed by atoms with van der Waals surface area (Å²) in [4.78, 5) is 48.5. The van der Waals surface area contributed by atoms with Crippen molar-refractivity contribution in [2.45, 2.75) is 83.6 Å². The first-order valence-corrected chi connectivity index (χ1v) is 11.3. The van der Waals surface area contributed by atoms with Gasteiger partial charge >= 0.3 is 23.9 Å². The predicted octanol–water partition coefficient (Wildman–Crippen LogP) is 1.73. The Kier molecular flexibility index (Phi) is 7.23. The van der Waals surface area contributed by atoms with Crippen molar-refractivity contribution in [3.05, 3.63) is 23.8 Å². The summed E-state index contributed by atoms with van der Waals surface area (Å²) >= 11 is 0. The monoisotopic (exact) mass is 480 g/mol. The number of hydrogen-bond acceptors (Lipinski definition) is 10. The number of hydrogen-bond donors (Lipinski definition) is 1. The van der Waals surface area contributed by atoms with Crippen molar-refractivity contribution in [2.24, 2.45) is 11.8 Å². The number of aliphatic hydroxyl groups is 1. The van der Waals surface area contributed by atoms with E-state index in [9.17, 15) is 24.3 Å². The molecule has 0 unspecified atom stereocenters. The molecule has 0 aromatic rings. The van der Waals surface area contributed by atoms with Crippen LogP contribution in [0.4, 0.5) is 0 Å². The highest BCUT2D eigenvalue weighted by molar-refractivity contribution is 5.91. The summed E-state index contributed by atoms with van der Waals surface area (Å²) in [5.74, 6) is -5.76. The highest BCUT2D eigenvalue weighted by atomic mass is 16.7. The number of allylic oxidation sites excluding steroid dienone is 1. The maximum atomic E-state index is 12.7. The fourth-order valence-corrected chi connectivity index (χ4v) is 4.96. The molecule has 7 atom stereocenters. The largest absolute Gasteiger partial charge is 0.465 e. The lowest BCUT2D eigenvalue weighted by Gasteiger charge is -2.35. The van der Waals surface area contributed by atoms with E-state index in [1.807, 2.05) is 0 Å². The van der Waals surface area contributed by atoms with Crippen molar-refractivity contribution in [1.82, 2.24) is 0 Å². The van der Waals surface area contributed by atoms with Crippen molar-refractivity contribution in [1.29, 1.82) is 0 Å². The molecule has 1 N–H and O–H groups in total. The molecule has 0 aliphatic carbocycles. The Labute approximate surface area is 198 Å². The molecule has 3 fully saturated rings. The standard InChI is InChI=1S/C24H32O10/c1-7-12(2)21(27)33-18-9-23(6)19(31-15(5)26)10-24(29,34-23)16(11-30-14(4)25)8-17-20(18)13(3)22(28)32-17/h7,16-20,29H,3,8-11H2,1-2,4-6H3/b12-7-/t16-,17+,18+,19-,20-,23-,24-/m0/s1. The molecule has 3 aliphatic heterocycles. The zero-order valence-corrected chi connectivity index (χ0v) is 20.1. The average molecular weight is 481 g/mol. The molecular formula is C24H32O10. The van der Waals surface area contributed by atoms with Gasteiger partial charge in [-0.05, 0) is 27.2 Å². The molecule has 0 saturated carbocycles. The molecular weight excluding hydrogens is 448 g/mol. The van der Waals surface area contributed by atoms with Gasteiger partial charge < -0.3 is 28.8 Å². The van der Waals surface area contributed by atoms with E-state index in [4.69, 9.17) is 23.7 Å². The van der Waals surface area contributed by atoms with Gasteiger partial charge in [0, 0.05) is 37.8 Å². The van der Waals surface area contributed by atoms with E-state index in [1.165, 1.54) is 13.8 Å². The van der Waals surface area contributed by atoms with Gasteiger partial charge in [-0.2, -0.15) is 0 Å². The second kappa shape index (κ2) is 9.50. The Hall–Kier alpha value is -2.72. The van der Waals surface area contributed by atoms with Gasteiger partial charge in [0.15, 0.2) is 5.79 Å². The van der Waals surface area contributed by atoms with Crippen molar-refractivity contribution < 1.29 is 48.0 Å². The highest BCUT2D eigenvalue weighted by Gasteiger charge is 2.62. The van der Waals surface area contributed by atoms with Crippen LogP contribution in [0.5, 0.6) is 0 Å². The molecule has 188 valence electrons. The van der Waals surface area contributed by atoms with E-state index in [1.54, 1.807) is 26.8 Å². The first-order valence-electron chi connectivity index (χ1n) is 11.3. The van der Waals surface area contributed by atoms with Crippen molar-refractivity contribution >= 4 is 23.9 Å². The van der Waals surface area contributed by atoms with Crippen LogP contribution in [-0.2, 0) is 42.9 Å². The Morgan fingerprint density at radius 3 is 2.44 bits per heavy atom. The van der Waals surface area contributed by atoms with Gasteiger partial charge in [-0.15, -0.1) is 0 Å². The Morgan fingerprint density at radius 2 is 1.85 bits per heavy atom. The van der Waals surface area contributed by atoms with Crippen molar-refractivity contribution in [2.75, 3.05) is 6.61 Å². The molecule has 2 bridgehead atoms. The number of carbonyl (C=O) groups excluding carboxylic acids is 4. The third kappa shape index (κ3) is 5.02. The predicted molar refractivity (Wildman–Crippen MR) is 116 cm³/mol. The Balaban J connectivity index is 2.08. The van der Waals surface area contributed by atoms with Crippen LogP contribution in [0.1, 0.15) is 53.9 Å². The molecule has 0 aromatic heterocycles. The summed E-state index contributed by atoms with van der Waals surface area (Å²) in [5, 5.41) is 11.5. The molecule has 3 rings (SSSR count). The van der Waals surface area contributed by atoms with Crippen LogP contribution in [0.15, 0.2) is 23.8 Å². The summed E-state index contributed by atoms with van der Waals surface area (Å²) in [6.45, 7) is 11.1. The molecule has 0 amide bonds. The quantitative estimate of drug-likeness (QED) is 0.352. The van der Waals surface area contributed by atoms with Crippen LogP contribution in [0.25, 0.3) is 0 Å². The average Bonchev–Trinajstić information content (AvgIpc) is 3.16. The summed E-state index contributed by atoms with van der Waals surface area (Å²) in [6.07, 6.45) is -1.08. The molecule has 3 saturated heterocycles. The van der Waals surface area contributed by atoms with Crippen LogP contribution in [0.3, 0.4) is 0 Å². The lowest BCUT2D eigenvalue weighted by molar-refractivity contribution is -0.261. The molecule has 10 heteroatoms. The molecule has 3 heterocycles. The smallest absolute Gasteiger partial charge is 0.334 e. The van der Waals surface area contributed by atoms with Crippen LogP contribution < -0.4 is 0 Å². The SMILES string of the molecule is C=C1C(=O)O[C@@H]2C[C@@H](COC(C)=O)[C@]3(O)C[C@H](OC(C)=O)[C@](C)(C[C@@H](OC(=O)/C(C)=C\C)[C@@H]12)O3. The van der Waals surface area contributed by atoms with E-state index in [-0.39, 0.29) is 31.4 Å². The molecule has 10 nitrogen and oxygen atoms in total. The zero-order valence-electron chi connectivity index (χ0n) is 20.1. The number of ether oxygens (including phenoxy) is 5. The second-order valence-corrected chi connectivity index (χ2v) is 9.41. The number of fused-ring (bicyclic) bond motifs is 3. The molecule has 0 spiro atoms. The highest BCUT2D eigenvalue weighted by Crippen LogP contribution is 2.51. The summed E-state index contributed by atoms with van der Waals surface area (Å²) < 4.78 is 28.2. The second-order valence-electron chi connectivity index (χ2n) is 9.41. The van der Waals surface area contributed by atoms with Gasteiger partial charge in [0.1, 0.15) is 23.9 Å². The van der Waals surface area contributed by atoms with Crippen LogP contribution in [0, 0.1) is 11.8 Å². The van der Waals surface area contributed by atoms with Gasteiger partial charge in [-0.3, -0.25) is 9.59 Å². The number of rotatable bonds is 5. The normalized spacial score (nSPS) is 37.6. The molecule has 0 radical (unpaired) electrons. The minimum absolute atomic E-state index is 0.00684. The first-order chi connectivity index (χ1) is 15.8. The maximum absolute atomic E-state index is 12.7. The van der Waals surface area contributed by atoms with Crippen molar-refractivity contribution in [3.63, 3.8) is 0 Å². The van der Waals surface area contributed by atoms with E-state index < -0.39 is 65.4 Å². The van der Waals surface area contributed by atoms with Gasteiger partial charge in [0.2, 0.25) is 0 Å². The van der Waals surface area contributed by atoms with Crippen LogP contribution in [0.2, 0.25) is 0 Å². The Morgan fingerprint density at radius 1 is 1.18 bits per heavy atom. The van der Waals surface area contributed by atoms with Crippen molar-refractivity contribution in [3.8, 4) is 0 Å². The Bertz CT molecular complexity index is 923. The van der Waals surface area contributed by atoms with Gasteiger partial charge in [0.05, 0.1) is 18.4 Å². The lowest BCUT2D eigenvalue weighted by atomic mass is 9.77. The minimum atomic E-state index is -1.86. The third-order valence-corrected chi connectivity index (χ3v) is 6.86. The molecule has 3 aliphatic rings. The fourth-order valence-electron chi connectivity index (χ4n) is 4.96. The fraction of sp³-hybridized carbons (Fsp3) is 0.667. The molecule has 0 aromatic carbocycles. The minimum Gasteiger partial charge on any atom is -0.465 e. The van der Waals surface area contributed by atoms with Gasteiger partial charge in [0.25, 0.3) is 0 Å². The summed E-state index contributed by atoms with van der Waals surface area (Å²) in [5.41, 5.74) is -0.792. The zero-order chi connectivity index (χ0) is 25.4. The maximum Gasteiger partial charge on any atom is 0.334 e. The lowest BCUT2D eigenvalue weighted by Crippen LogP contribution is -2.46. The summed E-state index contributed by atoms with van der Waals surface area (Å²) in [7, 11) is 0. The first kappa shape index (κ1) is 25.9.